The molecule has 6 heteroatoms. The van der Waals surface area contributed by atoms with Gasteiger partial charge < -0.3 is 14.5 Å². The number of aromatic nitrogens is 1. The molecule has 0 N–H and O–H groups in total. The van der Waals surface area contributed by atoms with Crippen molar-refractivity contribution in [3.63, 3.8) is 0 Å². The molecule has 0 spiro atoms. The van der Waals surface area contributed by atoms with E-state index in [1.165, 1.54) is 19.3 Å². The molecule has 2 aliphatic heterocycles. The zero-order valence-electron chi connectivity index (χ0n) is 14.9. The second kappa shape index (κ2) is 8.32. The maximum Gasteiger partial charge on any atom is 0.309 e. The van der Waals surface area contributed by atoms with Crippen LogP contribution in [0.4, 0.5) is 5.82 Å². The van der Waals surface area contributed by atoms with Crippen LogP contribution in [0.3, 0.4) is 0 Å². The van der Waals surface area contributed by atoms with Crippen molar-refractivity contribution in [1.82, 2.24) is 9.88 Å². The summed E-state index contributed by atoms with van der Waals surface area (Å²) in [4.78, 5) is 33.2. The Morgan fingerprint density at radius 2 is 1.88 bits per heavy atom. The number of hydrogen-bond donors (Lipinski definition) is 0. The molecule has 3 rings (SSSR count). The molecular formula is C19H27N3O3. The van der Waals surface area contributed by atoms with Crippen molar-refractivity contribution in [3.8, 4) is 0 Å². The molecule has 0 radical (unpaired) electrons. The Bertz CT molecular complexity index is 606. The molecule has 1 amide bonds. The highest BCUT2D eigenvalue weighted by molar-refractivity contribution is 5.95. The average molecular weight is 345 g/mol. The number of piperidine rings is 2. The van der Waals surface area contributed by atoms with Crippen molar-refractivity contribution >= 4 is 17.7 Å². The third kappa shape index (κ3) is 4.30. The van der Waals surface area contributed by atoms with Gasteiger partial charge in [-0.1, -0.05) is 0 Å². The summed E-state index contributed by atoms with van der Waals surface area (Å²) in [6.07, 6.45) is 6.71. The van der Waals surface area contributed by atoms with E-state index in [0.29, 0.717) is 38.1 Å². The van der Waals surface area contributed by atoms with Crippen molar-refractivity contribution in [3.05, 3.63) is 23.9 Å². The van der Waals surface area contributed by atoms with Crippen LogP contribution in [0.25, 0.3) is 0 Å². The predicted octanol–water partition coefficient (Wildman–Crippen LogP) is 2.49. The van der Waals surface area contributed by atoms with E-state index in [0.717, 1.165) is 18.9 Å². The molecule has 2 aliphatic rings. The van der Waals surface area contributed by atoms with Crippen LogP contribution >= 0.6 is 0 Å². The van der Waals surface area contributed by atoms with Crippen LogP contribution in [-0.2, 0) is 9.53 Å². The number of amides is 1. The van der Waals surface area contributed by atoms with E-state index in [9.17, 15) is 9.59 Å². The normalized spacial score (nSPS) is 18.9. The fraction of sp³-hybridized carbons (Fsp3) is 0.632. The zero-order chi connectivity index (χ0) is 17.6. The second-order valence-electron chi connectivity index (χ2n) is 6.77. The molecule has 3 heterocycles. The van der Waals surface area contributed by atoms with Crippen LogP contribution in [0.2, 0.25) is 0 Å². The number of carbonyl (C=O) groups is 2. The molecule has 1 aromatic rings. The van der Waals surface area contributed by atoms with Crippen LogP contribution in [0.1, 0.15) is 49.4 Å². The van der Waals surface area contributed by atoms with Crippen LogP contribution in [0, 0.1) is 5.92 Å². The van der Waals surface area contributed by atoms with E-state index in [-0.39, 0.29) is 17.8 Å². The van der Waals surface area contributed by atoms with Crippen LogP contribution in [0.5, 0.6) is 0 Å². The Labute approximate surface area is 149 Å². The molecule has 0 atom stereocenters. The number of rotatable bonds is 4. The third-order valence-corrected chi connectivity index (χ3v) is 5.07. The monoisotopic (exact) mass is 345 g/mol. The topological polar surface area (TPSA) is 62.7 Å². The summed E-state index contributed by atoms with van der Waals surface area (Å²) < 4.78 is 5.09. The standard InChI is InChI=1S/C19H27N3O3/c1-2-25-19(24)15-7-12-22(13-8-15)18(23)16-6-9-20-17(14-16)21-10-4-3-5-11-21/h6,9,14-15H,2-5,7-8,10-13H2,1H3. The molecule has 0 saturated carbocycles. The van der Waals surface area contributed by atoms with Gasteiger partial charge in [0.1, 0.15) is 5.82 Å². The first-order valence-electron chi connectivity index (χ1n) is 9.36. The lowest BCUT2D eigenvalue weighted by atomic mass is 9.96. The molecule has 1 aromatic heterocycles. The fourth-order valence-corrected chi connectivity index (χ4v) is 3.61. The summed E-state index contributed by atoms with van der Waals surface area (Å²) in [6, 6.07) is 3.69. The number of anilines is 1. The van der Waals surface area contributed by atoms with Gasteiger partial charge in [-0.25, -0.2) is 4.98 Å². The summed E-state index contributed by atoms with van der Waals surface area (Å²) in [5.74, 6) is 0.714. The molecule has 0 bridgehead atoms. The zero-order valence-corrected chi connectivity index (χ0v) is 14.9. The number of nitrogens with zero attached hydrogens (tertiary/aromatic N) is 3. The van der Waals surface area contributed by atoms with Gasteiger partial charge in [-0.15, -0.1) is 0 Å². The Kier molecular flexibility index (Phi) is 5.89. The van der Waals surface area contributed by atoms with Gasteiger partial charge in [0.25, 0.3) is 5.91 Å². The lowest BCUT2D eigenvalue weighted by molar-refractivity contribution is -0.149. The molecule has 2 saturated heterocycles. The van der Waals surface area contributed by atoms with E-state index in [2.05, 4.69) is 9.88 Å². The van der Waals surface area contributed by atoms with Gasteiger partial charge in [-0.2, -0.15) is 0 Å². The Hall–Kier alpha value is -2.11. The van der Waals surface area contributed by atoms with Crippen LogP contribution in [-0.4, -0.2) is 54.5 Å². The van der Waals surface area contributed by atoms with Gasteiger partial charge in [-0.3, -0.25) is 9.59 Å². The summed E-state index contributed by atoms with van der Waals surface area (Å²) in [5, 5.41) is 0. The Balaban J connectivity index is 1.61. The number of hydrogen-bond acceptors (Lipinski definition) is 5. The number of carbonyl (C=O) groups excluding carboxylic acids is 2. The third-order valence-electron chi connectivity index (χ3n) is 5.07. The number of ether oxygens (including phenoxy) is 1. The molecule has 0 aliphatic carbocycles. The van der Waals surface area contributed by atoms with Gasteiger partial charge in [0.2, 0.25) is 0 Å². The molecule has 136 valence electrons. The maximum absolute atomic E-state index is 12.8. The quantitative estimate of drug-likeness (QED) is 0.785. The SMILES string of the molecule is CCOC(=O)C1CCN(C(=O)c2ccnc(N3CCCCC3)c2)CC1. The van der Waals surface area contributed by atoms with Gasteiger partial charge in [0, 0.05) is 37.9 Å². The summed E-state index contributed by atoms with van der Waals surface area (Å²) in [5.41, 5.74) is 0.685. The minimum absolute atomic E-state index is 0.0305. The smallest absolute Gasteiger partial charge is 0.309 e. The first-order chi connectivity index (χ1) is 12.2. The lowest BCUT2D eigenvalue weighted by Crippen LogP contribution is -2.40. The van der Waals surface area contributed by atoms with E-state index in [1.807, 2.05) is 17.9 Å². The number of pyridine rings is 1. The second-order valence-corrected chi connectivity index (χ2v) is 6.77. The molecule has 0 aromatic carbocycles. The Morgan fingerprint density at radius 3 is 2.56 bits per heavy atom. The predicted molar refractivity (Wildman–Crippen MR) is 95.6 cm³/mol. The molecule has 2 fully saturated rings. The average Bonchev–Trinajstić information content (AvgIpc) is 2.68. The fourth-order valence-electron chi connectivity index (χ4n) is 3.61. The largest absolute Gasteiger partial charge is 0.466 e. The van der Waals surface area contributed by atoms with Gasteiger partial charge in [-0.05, 0) is 51.2 Å². The number of esters is 1. The Morgan fingerprint density at radius 1 is 1.16 bits per heavy atom. The van der Waals surface area contributed by atoms with Crippen molar-refractivity contribution in [2.24, 2.45) is 5.92 Å². The van der Waals surface area contributed by atoms with Crippen molar-refractivity contribution < 1.29 is 14.3 Å². The van der Waals surface area contributed by atoms with E-state index in [4.69, 9.17) is 4.74 Å². The van der Waals surface area contributed by atoms with E-state index in [1.54, 1.807) is 12.3 Å². The highest BCUT2D eigenvalue weighted by atomic mass is 16.5. The molecule has 0 unspecified atom stereocenters. The lowest BCUT2D eigenvalue weighted by Gasteiger charge is -2.31. The van der Waals surface area contributed by atoms with E-state index >= 15 is 0 Å². The summed E-state index contributed by atoms with van der Waals surface area (Å²) >= 11 is 0. The van der Waals surface area contributed by atoms with Crippen molar-refractivity contribution in [2.75, 3.05) is 37.7 Å². The molecular weight excluding hydrogens is 318 g/mol. The van der Waals surface area contributed by atoms with E-state index < -0.39 is 0 Å². The minimum Gasteiger partial charge on any atom is -0.466 e. The van der Waals surface area contributed by atoms with Gasteiger partial charge in [0.05, 0.1) is 12.5 Å². The van der Waals surface area contributed by atoms with Gasteiger partial charge in [0.15, 0.2) is 0 Å². The highest BCUT2D eigenvalue weighted by Crippen LogP contribution is 2.22. The summed E-state index contributed by atoms with van der Waals surface area (Å²) in [6.45, 7) is 5.45. The van der Waals surface area contributed by atoms with Crippen molar-refractivity contribution in [2.45, 2.75) is 39.0 Å². The van der Waals surface area contributed by atoms with Crippen LogP contribution < -0.4 is 4.90 Å². The number of likely N-dealkylation sites (tertiary alicyclic amines) is 1. The summed E-state index contributed by atoms with van der Waals surface area (Å²) in [7, 11) is 0. The molecule has 6 nitrogen and oxygen atoms in total. The van der Waals surface area contributed by atoms with Crippen LogP contribution in [0.15, 0.2) is 18.3 Å². The van der Waals surface area contributed by atoms with Gasteiger partial charge >= 0.3 is 5.97 Å². The maximum atomic E-state index is 12.8. The first kappa shape index (κ1) is 17.7. The van der Waals surface area contributed by atoms with Crippen molar-refractivity contribution in [1.29, 1.82) is 0 Å². The highest BCUT2D eigenvalue weighted by Gasteiger charge is 2.29. The first-order valence-corrected chi connectivity index (χ1v) is 9.36. The minimum atomic E-state index is -0.133. The molecule has 25 heavy (non-hydrogen) atoms.